The van der Waals surface area contributed by atoms with E-state index in [2.05, 4.69) is 23.5 Å². The molecule has 1 saturated carbocycles. The molecule has 0 saturated heterocycles. The van der Waals surface area contributed by atoms with E-state index in [1.807, 2.05) is 29.2 Å². The van der Waals surface area contributed by atoms with Gasteiger partial charge in [-0.05, 0) is 61.3 Å². The van der Waals surface area contributed by atoms with E-state index in [1.165, 1.54) is 18.7 Å². The number of nitrogens with zero attached hydrogens (tertiary/aromatic N) is 2. The number of halogens is 2. The molecule has 5 nitrogen and oxygen atoms in total. The fourth-order valence-corrected chi connectivity index (χ4v) is 3.58. The molecule has 0 aliphatic heterocycles. The lowest BCUT2D eigenvalue weighted by Crippen LogP contribution is -2.32. The molecular weight excluding hydrogens is 402 g/mol. The lowest BCUT2D eigenvalue weighted by Gasteiger charge is -2.24. The van der Waals surface area contributed by atoms with Crippen LogP contribution in [0.1, 0.15) is 48.2 Å². The van der Waals surface area contributed by atoms with Crippen molar-refractivity contribution >= 4 is 5.91 Å². The smallest absolute Gasteiger partial charge is 0.387 e. The molecule has 0 N–H and O–H groups in total. The van der Waals surface area contributed by atoms with Gasteiger partial charge < -0.3 is 14.4 Å². The zero-order valence-corrected chi connectivity index (χ0v) is 18.3. The Morgan fingerprint density at radius 2 is 1.65 bits per heavy atom. The molecule has 0 heterocycles. The van der Waals surface area contributed by atoms with E-state index in [4.69, 9.17) is 4.74 Å². The predicted molar refractivity (Wildman–Crippen MR) is 116 cm³/mol. The van der Waals surface area contributed by atoms with Crippen molar-refractivity contribution in [2.45, 2.75) is 52.4 Å². The summed E-state index contributed by atoms with van der Waals surface area (Å²) in [6.07, 6.45) is 1.94. The third-order valence-corrected chi connectivity index (χ3v) is 5.55. The van der Waals surface area contributed by atoms with Crippen LogP contribution >= 0.6 is 0 Å². The van der Waals surface area contributed by atoms with Crippen LogP contribution in [0.4, 0.5) is 8.78 Å². The van der Waals surface area contributed by atoms with Crippen LogP contribution in [-0.4, -0.2) is 48.6 Å². The van der Waals surface area contributed by atoms with Gasteiger partial charge in [-0.3, -0.25) is 9.69 Å². The van der Waals surface area contributed by atoms with Crippen LogP contribution in [0.2, 0.25) is 0 Å². The molecule has 0 radical (unpaired) electrons. The fraction of sp³-hybridized carbons (Fsp3) is 0.458. The van der Waals surface area contributed by atoms with Crippen LogP contribution in [-0.2, 0) is 13.1 Å². The number of amides is 1. The maximum Gasteiger partial charge on any atom is 0.387 e. The summed E-state index contributed by atoms with van der Waals surface area (Å²) >= 11 is 0. The lowest BCUT2D eigenvalue weighted by molar-refractivity contribution is -0.0512. The molecule has 1 fully saturated rings. The first-order valence-corrected chi connectivity index (χ1v) is 10.7. The van der Waals surface area contributed by atoms with Gasteiger partial charge in [-0.15, -0.1) is 0 Å². The van der Waals surface area contributed by atoms with Gasteiger partial charge in [0.15, 0.2) is 11.5 Å². The first kappa shape index (κ1) is 23.0. The highest BCUT2D eigenvalue weighted by Gasteiger charge is 2.33. The minimum absolute atomic E-state index is 0.0191. The molecular formula is C24H30F2N2O3. The first-order valence-electron chi connectivity index (χ1n) is 10.7. The van der Waals surface area contributed by atoms with Crippen LogP contribution in [0.25, 0.3) is 0 Å². The van der Waals surface area contributed by atoms with Gasteiger partial charge in [-0.2, -0.15) is 8.78 Å². The Hall–Kier alpha value is -2.67. The number of alkyl halides is 2. The second-order valence-corrected chi connectivity index (χ2v) is 7.69. The fourth-order valence-electron chi connectivity index (χ4n) is 3.58. The average molecular weight is 433 g/mol. The van der Waals surface area contributed by atoms with E-state index in [0.717, 1.165) is 38.0 Å². The van der Waals surface area contributed by atoms with Crippen molar-refractivity contribution in [3.8, 4) is 11.5 Å². The highest BCUT2D eigenvalue weighted by Crippen LogP contribution is 2.33. The van der Waals surface area contributed by atoms with E-state index in [9.17, 15) is 13.6 Å². The van der Waals surface area contributed by atoms with Crippen molar-refractivity contribution in [2.24, 2.45) is 0 Å². The number of hydrogen-bond donors (Lipinski definition) is 0. The summed E-state index contributed by atoms with van der Waals surface area (Å²) in [5, 5.41) is 0. The predicted octanol–water partition coefficient (Wildman–Crippen LogP) is 4.94. The molecule has 1 amide bonds. The molecule has 2 aromatic rings. The zero-order valence-electron chi connectivity index (χ0n) is 18.3. The number of benzene rings is 2. The van der Waals surface area contributed by atoms with Crippen LogP contribution in [0.5, 0.6) is 11.5 Å². The molecule has 0 spiro atoms. The number of carbonyl (C=O) groups excluding carboxylic acids is 1. The molecule has 7 heteroatoms. The zero-order chi connectivity index (χ0) is 22.4. The summed E-state index contributed by atoms with van der Waals surface area (Å²) in [7, 11) is 1.40. The normalized spacial score (nSPS) is 13.5. The third-order valence-electron chi connectivity index (χ3n) is 5.55. The van der Waals surface area contributed by atoms with Gasteiger partial charge in [0.2, 0.25) is 0 Å². The van der Waals surface area contributed by atoms with E-state index >= 15 is 0 Å². The minimum Gasteiger partial charge on any atom is -0.493 e. The molecule has 0 unspecified atom stereocenters. The van der Waals surface area contributed by atoms with Gasteiger partial charge in [0.1, 0.15) is 0 Å². The van der Waals surface area contributed by atoms with Gasteiger partial charge in [0.25, 0.3) is 5.91 Å². The summed E-state index contributed by atoms with van der Waals surface area (Å²) in [4.78, 5) is 17.4. The van der Waals surface area contributed by atoms with Crippen molar-refractivity contribution < 1.29 is 23.0 Å². The average Bonchev–Trinajstić information content (AvgIpc) is 3.61. The maximum absolute atomic E-state index is 13.2. The second-order valence-electron chi connectivity index (χ2n) is 7.69. The number of carbonyl (C=O) groups is 1. The highest BCUT2D eigenvalue weighted by atomic mass is 19.3. The first-order chi connectivity index (χ1) is 14.9. The Bertz CT molecular complexity index is 866. The quantitative estimate of drug-likeness (QED) is 0.504. The summed E-state index contributed by atoms with van der Waals surface area (Å²) in [5.74, 6) is 0.180. The van der Waals surface area contributed by atoms with Gasteiger partial charge in [0.05, 0.1) is 7.11 Å². The van der Waals surface area contributed by atoms with Gasteiger partial charge >= 0.3 is 6.61 Å². The Morgan fingerprint density at radius 3 is 2.19 bits per heavy atom. The van der Waals surface area contributed by atoms with Gasteiger partial charge in [0, 0.05) is 24.7 Å². The van der Waals surface area contributed by atoms with Crippen molar-refractivity contribution in [2.75, 3.05) is 20.2 Å². The molecule has 0 bridgehead atoms. The summed E-state index contributed by atoms with van der Waals surface area (Å²) in [5.41, 5.74) is 2.63. The molecule has 3 rings (SSSR count). The SMILES string of the molecule is CCN(CC)Cc1ccc(C(=O)N(Cc2ccc(OC(F)F)c(OC)c2)C2CC2)cc1. The molecule has 2 aromatic carbocycles. The third kappa shape index (κ3) is 6.17. The van der Waals surface area contributed by atoms with E-state index in [1.54, 1.807) is 12.1 Å². The van der Waals surface area contributed by atoms with Gasteiger partial charge in [-0.1, -0.05) is 32.0 Å². The van der Waals surface area contributed by atoms with Crippen molar-refractivity contribution in [1.29, 1.82) is 0 Å². The minimum atomic E-state index is -2.92. The van der Waals surface area contributed by atoms with Crippen LogP contribution in [0.3, 0.4) is 0 Å². The van der Waals surface area contributed by atoms with Crippen LogP contribution in [0.15, 0.2) is 42.5 Å². The van der Waals surface area contributed by atoms with E-state index < -0.39 is 6.61 Å². The molecule has 168 valence electrons. The second kappa shape index (κ2) is 10.6. The highest BCUT2D eigenvalue weighted by molar-refractivity contribution is 5.94. The molecule has 0 aromatic heterocycles. The van der Waals surface area contributed by atoms with Crippen LogP contribution in [0, 0.1) is 0 Å². The van der Waals surface area contributed by atoms with Gasteiger partial charge in [-0.25, -0.2) is 0 Å². The van der Waals surface area contributed by atoms with E-state index in [-0.39, 0.29) is 23.4 Å². The monoisotopic (exact) mass is 432 g/mol. The Balaban J connectivity index is 1.73. The molecule has 1 aliphatic carbocycles. The Kier molecular flexibility index (Phi) is 7.85. The van der Waals surface area contributed by atoms with Crippen molar-refractivity contribution in [3.05, 3.63) is 59.2 Å². The Labute approximate surface area is 182 Å². The number of methoxy groups -OCH3 is 1. The summed E-state index contributed by atoms with van der Waals surface area (Å²) in [6.45, 7) is 4.56. The number of ether oxygens (including phenoxy) is 2. The molecule has 31 heavy (non-hydrogen) atoms. The largest absolute Gasteiger partial charge is 0.493 e. The molecule has 0 atom stereocenters. The van der Waals surface area contributed by atoms with Crippen molar-refractivity contribution in [1.82, 2.24) is 9.80 Å². The standard InChI is InChI=1S/C24H30F2N2O3/c1-4-27(5-2)15-17-6-9-19(10-7-17)23(29)28(20-11-12-20)16-18-8-13-21(31-24(25)26)22(14-18)30-3/h6-10,13-14,20,24H,4-5,11-12,15-16H2,1-3H3. The molecule has 1 aliphatic rings. The lowest BCUT2D eigenvalue weighted by atomic mass is 10.1. The summed E-state index contributed by atoms with van der Waals surface area (Å²) < 4.78 is 34.8. The summed E-state index contributed by atoms with van der Waals surface area (Å²) in [6, 6.07) is 12.8. The van der Waals surface area contributed by atoms with Crippen molar-refractivity contribution in [3.63, 3.8) is 0 Å². The Morgan fingerprint density at radius 1 is 1.00 bits per heavy atom. The number of hydrogen-bond acceptors (Lipinski definition) is 4. The number of rotatable bonds is 11. The maximum atomic E-state index is 13.2. The van der Waals surface area contributed by atoms with Crippen LogP contribution < -0.4 is 9.47 Å². The van der Waals surface area contributed by atoms with E-state index in [0.29, 0.717) is 12.1 Å². The topological polar surface area (TPSA) is 42.0 Å².